The van der Waals surface area contributed by atoms with E-state index in [0.717, 1.165) is 28.1 Å². The van der Waals surface area contributed by atoms with Crippen molar-refractivity contribution >= 4 is 46.6 Å². The number of anilines is 2. The van der Waals surface area contributed by atoms with Crippen LogP contribution in [0.5, 0.6) is 0 Å². The Labute approximate surface area is 186 Å². The van der Waals surface area contributed by atoms with E-state index >= 15 is 0 Å². The van der Waals surface area contributed by atoms with Crippen molar-refractivity contribution in [2.24, 2.45) is 0 Å². The van der Waals surface area contributed by atoms with E-state index in [1.54, 1.807) is 30.3 Å². The molecule has 0 unspecified atom stereocenters. The largest absolute Gasteiger partial charge is 0.327 e. The molecule has 0 aliphatic carbocycles. The minimum absolute atomic E-state index is 0.190. The van der Waals surface area contributed by atoms with Gasteiger partial charge in [0.1, 0.15) is 5.70 Å². The summed E-state index contributed by atoms with van der Waals surface area (Å²) in [6.45, 7) is 3.98. The van der Waals surface area contributed by atoms with Crippen molar-refractivity contribution in [1.29, 1.82) is 0 Å². The fourth-order valence-corrected chi connectivity index (χ4v) is 3.50. The summed E-state index contributed by atoms with van der Waals surface area (Å²) in [7, 11) is 0. The Morgan fingerprint density at radius 3 is 2.10 bits per heavy atom. The van der Waals surface area contributed by atoms with Gasteiger partial charge in [0.15, 0.2) is 5.11 Å². The molecule has 6 heteroatoms. The molecule has 2 amide bonds. The highest BCUT2D eigenvalue weighted by Crippen LogP contribution is 2.23. The summed E-state index contributed by atoms with van der Waals surface area (Å²) in [5.41, 5.74) is 5.42. The molecule has 0 atom stereocenters. The van der Waals surface area contributed by atoms with Gasteiger partial charge in [-0.15, -0.1) is 0 Å². The number of carbonyl (C=O) groups is 2. The molecule has 0 bridgehead atoms. The molecule has 31 heavy (non-hydrogen) atoms. The van der Waals surface area contributed by atoms with Crippen molar-refractivity contribution in [3.05, 3.63) is 101 Å². The maximum Gasteiger partial charge on any atom is 0.281 e. The van der Waals surface area contributed by atoms with Crippen LogP contribution in [-0.2, 0) is 4.79 Å². The minimum atomic E-state index is -0.213. The summed E-state index contributed by atoms with van der Waals surface area (Å²) in [4.78, 5) is 26.8. The molecule has 3 aromatic rings. The highest BCUT2D eigenvalue weighted by Gasteiger charge is 2.31. The third-order valence-electron chi connectivity index (χ3n) is 4.96. The number of aryl methyl sites for hydroxylation is 2. The van der Waals surface area contributed by atoms with Gasteiger partial charge in [-0.25, -0.2) is 0 Å². The number of nitrogens with one attached hydrogen (secondary N) is 2. The first-order valence-electron chi connectivity index (χ1n) is 9.82. The first kappa shape index (κ1) is 20.5. The van der Waals surface area contributed by atoms with E-state index in [-0.39, 0.29) is 11.8 Å². The van der Waals surface area contributed by atoms with Crippen molar-refractivity contribution in [1.82, 2.24) is 5.32 Å². The molecule has 0 saturated carbocycles. The van der Waals surface area contributed by atoms with E-state index in [9.17, 15) is 9.59 Å². The van der Waals surface area contributed by atoms with E-state index < -0.39 is 0 Å². The molecule has 1 aliphatic rings. The minimum Gasteiger partial charge on any atom is -0.327 e. The summed E-state index contributed by atoms with van der Waals surface area (Å²) in [6.07, 6.45) is 1.73. The van der Waals surface area contributed by atoms with Gasteiger partial charge in [-0.2, -0.15) is 0 Å². The van der Waals surface area contributed by atoms with Crippen molar-refractivity contribution in [3.63, 3.8) is 0 Å². The quantitative estimate of drug-likeness (QED) is 0.463. The van der Waals surface area contributed by atoms with Gasteiger partial charge in [0.25, 0.3) is 11.8 Å². The van der Waals surface area contributed by atoms with Crippen molar-refractivity contribution in [3.8, 4) is 0 Å². The summed E-state index contributed by atoms with van der Waals surface area (Å²) < 4.78 is 0. The van der Waals surface area contributed by atoms with Crippen LogP contribution in [0.1, 0.15) is 27.0 Å². The van der Waals surface area contributed by atoms with Gasteiger partial charge in [0, 0.05) is 11.3 Å². The molecule has 1 saturated heterocycles. The molecule has 1 heterocycles. The van der Waals surface area contributed by atoms with E-state index in [4.69, 9.17) is 12.2 Å². The SMILES string of the molecule is Cc1ccc(NC(=O)c2ccc(/C=C3\NC(=S)N(c4ccc(C)cc4)C3=O)cc2)cc1. The predicted molar refractivity (Wildman–Crippen MR) is 128 cm³/mol. The average molecular weight is 428 g/mol. The third kappa shape index (κ3) is 4.54. The van der Waals surface area contributed by atoms with Crippen LogP contribution in [0.4, 0.5) is 11.4 Å². The average Bonchev–Trinajstić information content (AvgIpc) is 3.04. The van der Waals surface area contributed by atoms with E-state index in [0.29, 0.717) is 16.4 Å². The Kier molecular flexibility index (Phi) is 5.64. The zero-order valence-electron chi connectivity index (χ0n) is 17.2. The molecule has 2 N–H and O–H groups in total. The Morgan fingerprint density at radius 1 is 0.903 bits per heavy atom. The fourth-order valence-electron chi connectivity index (χ4n) is 3.20. The normalized spacial score (nSPS) is 14.6. The Hall–Kier alpha value is -3.77. The molecule has 4 rings (SSSR count). The molecule has 1 aliphatic heterocycles. The number of hydrogen-bond donors (Lipinski definition) is 2. The first-order chi connectivity index (χ1) is 14.9. The highest BCUT2D eigenvalue weighted by molar-refractivity contribution is 7.80. The van der Waals surface area contributed by atoms with Gasteiger partial charge >= 0.3 is 0 Å². The predicted octanol–water partition coefficient (Wildman–Crippen LogP) is 4.82. The van der Waals surface area contributed by atoms with Gasteiger partial charge in [-0.3, -0.25) is 14.5 Å². The smallest absolute Gasteiger partial charge is 0.281 e. The maximum absolute atomic E-state index is 12.9. The molecule has 0 spiro atoms. The van der Waals surface area contributed by atoms with E-state index in [2.05, 4.69) is 10.6 Å². The summed E-state index contributed by atoms with van der Waals surface area (Å²) in [5, 5.41) is 6.20. The van der Waals surface area contributed by atoms with Crippen LogP contribution in [0.15, 0.2) is 78.5 Å². The topological polar surface area (TPSA) is 61.4 Å². The Bertz CT molecular complexity index is 1180. The summed E-state index contributed by atoms with van der Waals surface area (Å²) >= 11 is 5.35. The van der Waals surface area contributed by atoms with Crippen molar-refractivity contribution in [2.45, 2.75) is 13.8 Å². The lowest BCUT2D eigenvalue weighted by Gasteiger charge is -2.13. The lowest BCUT2D eigenvalue weighted by Crippen LogP contribution is -2.30. The zero-order valence-corrected chi connectivity index (χ0v) is 18.0. The van der Waals surface area contributed by atoms with Gasteiger partial charge in [-0.05, 0) is 74.1 Å². The lowest BCUT2D eigenvalue weighted by atomic mass is 10.1. The monoisotopic (exact) mass is 427 g/mol. The third-order valence-corrected chi connectivity index (χ3v) is 5.25. The second-order valence-corrected chi connectivity index (χ2v) is 7.79. The van der Waals surface area contributed by atoms with Crippen LogP contribution >= 0.6 is 12.2 Å². The van der Waals surface area contributed by atoms with Crippen molar-refractivity contribution in [2.75, 3.05) is 10.2 Å². The molecule has 154 valence electrons. The molecule has 0 radical (unpaired) electrons. The Morgan fingerprint density at radius 2 is 1.48 bits per heavy atom. The van der Waals surface area contributed by atoms with Gasteiger partial charge < -0.3 is 10.6 Å². The van der Waals surface area contributed by atoms with Crippen molar-refractivity contribution < 1.29 is 9.59 Å². The van der Waals surface area contributed by atoms with Crippen LogP contribution in [0.25, 0.3) is 6.08 Å². The lowest BCUT2D eigenvalue weighted by molar-refractivity contribution is -0.113. The second kappa shape index (κ2) is 8.53. The molecule has 1 fully saturated rings. The number of thiocarbonyl (C=S) groups is 1. The van der Waals surface area contributed by atoms with Crippen LogP contribution in [0.3, 0.4) is 0 Å². The maximum atomic E-state index is 12.9. The zero-order chi connectivity index (χ0) is 22.0. The molecule has 3 aromatic carbocycles. The summed E-state index contributed by atoms with van der Waals surface area (Å²) in [5.74, 6) is -0.403. The number of nitrogens with zero attached hydrogens (tertiary/aromatic N) is 1. The van der Waals surface area contributed by atoms with Gasteiger partial charge in [0.2, 0.25) is 0 Å². The highest BCUT2D eigenvalue weighted by atomic mass is 32.1. The molecule has 0 aromatic heterocycles. The van der Waals surface area contributed by atoms with E-state index in [1.165, 1.54) is 4.90 Å². The standard InChI is InChI=1S/C25H21N3O2S/c1-16-3-11-20(12-4-16)26-23(29)19-9-7-18(8-10-19)15-22-24(30)28(25(31)27-22)21-13-5-17(2)6-14-21/h3-15H,1-2H3,(H,26,29)(H,27,31)/b22-15-. The number of carbonyl (C=O) groups excluding carboxylic acids is 2. The van der Waals surface area contributed by atoms with Crippen LogP contribution in [0.2, 0.25) is 0 Å². The molecular formula is C25H21N3O2S. The van der Waals surface area contributed by atoms with Crippen LogP contribution in [-0.4, -0.2) is 16.9 Å². The second-order valence-electron chi connectivity index (χ2n) is 7.41. The number of rotatable bonds is 4. The fraction of sp³-hybridized carbons (Fsp3) is 0.0800. The van der Waals surface area contributed by atoms with Gasteiger partial charge in [0.05, 0.1) is 5.69 Å². The molecule has 5 nitrogen and oxygen atoms in total. The van der Waals surface area contributed by atoms with Crippen LogP contribution < -0.4 is 15.5 Å². The van der Waals surface area contributed by atoms with Gasteiger partial charge in [-0.1, -0.05) is 47.5 Å². The molecular weight excluding hydrogens is 406 g/mol. The first-order valence-corrected chi connectivity index (χ1v) is 10.2. The van der Waals surface area contributed by atoms with Crippen LogP contribution in [0, 0.1) is 13.8 Å². The number of benzene rings is 3. The number of amides is 2. The number of hydrogen-bond acceptors (Lipinski definition) is 3. The summed E-state index contributed by atoms with van der Waals surface area (Å²) in [6, 6.07) is 22.3. The van der Waals surface area contributed by atoms with E-state index in [1.807, 2.05) is 62.4 Å². The Balaban J connectivity index is 1.48.